The van der Waals surface area contributed by atoms with E-state index in [1.54, 1.807) is 11.3 Å². The van der Waals surface area contributed by atoms with E-state index in [1.807, 2.05) is 23.7 Å². The molecule has 1 aliphatic carbocycles. The molecule has 2 aromatic rings. The van der Waals surface area contributed by atoms with Crippen molar-refractivity contribution in [2.75, 3.05) is 0 Å². The average Bonchev–Trinajstić information content (AvgIpc) is 2.88. The summed E-state index contributed by atoms with van der Waals surface area (Å²) in [5, 5.41) is 3.19. The summed E-state index contributed by atoms with van der Waals surface area (Å²) >= 11 is 1.57. The van der Waals surface area contributed by atoms with Crippen LogP contribution in [-0.2, 0) is 0 Å². The molecular weight excluding hydrogens is 256 g/mol. The van der Waals surface area contributed by atoms with Crippen molar-refractivity contribution in [2.45, 2.75) is 38.6 Å². The maximum absolute atomic E-state index is 12.3. The molecule has 0 spiro atoms. The third-order valence-electron chi connectivity index (χ3n) is 4.02. The molecular formula is C15H18N2OS. The highest BCUT2D eigenvalue weighted by atomic mass is 32.1. The number of hydrogen-bond donors (Lipinski definition) is 1. The predicted octanol–water partition coefficient (Wildman–Crippen LogP) is 3.60. The molecule has 1 aliphatic rings. The van der Waals surface area contributed by atoms with Crippen LogP contribution >= 0.6 is 11.3 Å². The summed E-state index contributed by atoms with van der Waals surface area (Å²) in [7, 11) is 0. The van der Waals surface area contributed by atoms with E-state index in [9.17, 15) is 4.79 Å². The van der Waals surface area contributed by atoms with Crippen LogP contribution in [0.15, 0.2) is 23.7 Å². The van der Waals surface area contributed by atoms with Crippen molar-refractivity contribution in [1.82, 2.24) is 10.3 Å². The van der Waals surface area contributed by atoms with E-state index in [2.05, 4.69) is 17.2 Å². The molecule has 0 aliphatic heterocycles. The van der Waals surface area contributed by atoms with Gasteiger partial charge in [-0.1, -0.05) is 19.8 Å². The van der Waals surface area contributed by atoms with Crippen molar-refractivity contribution < 1.29 is 4.79 Å². The Kier molecular flexibility index (Phi) is 3.51. The van der Waals surface area contributed by atoms with Gasteiger partial charge in [0.1, 0.15) is 0 Å². The Labute approximate surface area is 117 Å². The fraction of sp³-hybridized carbons (Fsp3) is 0.467. The van der Waals surface area contributed by atoms with Crippen LogP contribution in [0.3, 0.4) is 0 Å². The fourth-order valence-electron chi connectivity index (χ4n) is 2.78. The Hall–Kier alpha value is -1.42. The molecule has 1 N–H and O–H groups in total. The topological polar surface area (TPSA) is 42.0 Å². The molecule has 1 heterocycles. The van der Waals surface area contributed by atoms with Crippen molar-refractivity contribution >= 4 is 27.5 Å². The Morgan fingerprint density at radius 3 is 3.05 bits per heavy atom. The number of carbonyl (C=O) groups is 1. The molecule has 3 nitrogen and oxygen atoms in total. The Bertz CT molecular complexity index is 593. The Morgan fingerprint density at radius 1 is 1.37 bits per heavy atom. The molecule has 0 radical (unpaired) electrons. The number of fused-ring (bicyclic) bond motifs is 1. The van der Waals surface area contributed by atoms with E-state index >= 15 is 0 Å². The van der Waals surface area contributed by atoms with Crippen LogP contribution in [0.25, 0.3) is 10.2 Å². The molecule has 4 heteroatoms. The van der Waals surface area contributed by atoms with Gasteiger partial charge in [-0.25, -0.2) is 4.98 Å². The quantitative estimate of drug-likeness (QED) is 0.909. The lowest BCUT2D eigenvalue weighted by molar-refractivity contribution is 0.0910. The SMILES string of the molecule is C[C@H]1CCCC[C@@H]1NC(=O)c1ccc2ncsc2c1. The largest absolute Gasteiger partial charge is 0.349 e. The minimum absolute atomic E-state index is 0.0500. The summed E-state index contributed by atoms with van der Waals surface area (Å²) in [6.45, 7) is 2.23. The number of benzene rings is 1. The van der Waals surface area contributed by atoms with Crippen molar-refractivity contribution in [3.8, 4) is 0 Å². The number of hydrogen-bond acceptors (Lipinski definition) is 3. The van der Waals surface area contributed by atoms with Crippen LogP contribution in [0.4, 0.5) is 0 Å². The van der Waals surface area contributed by atoms with Gasteiger partial charge in [0.2, 0.25) is 0 Å². The molecule has 2 atom stereocenters. The van der Waals surface area contributed by atoms with Gasteiger partial charge in [-0.2, -0.15) is 0 Å². The van der Waals surface area contributed by atoms with Gasteiger partial charge in [0.15, 0.2) is 0 Å². The molecule has 0 saturated heterocycles. The highest BCUT2D eigenvalue weighted by Crippen LogP contribution is 2.24. The second-order valence-corrected chi connectivity index (χ2v) is 6.26. The van der Waals surface area contributed by atoms with Crippen LogP contribution in [-0.4, -0.2) is 16.9 Å². The molecule has 1 aromatic carbocycles. The molecule has 1 fully saturated rings. The van der Waals surface area contributed by atoms with Crippen LogP contribution in [0.5, 0.6) is 0 Å². The fourth-order valence-corrected chi connectivity index (χ4v) is 3.50. The van der Waals surface area contributed by atoms with Gasteiger partial charge in [0.25, 0.3) is 5.91 Å². The molecule has 0 bridgehead atoms. The average molecular weight is 274 g/mol. The minimum atomic E-state index is 0.0500. The summed E-state index contributed by atoms with van der Waals surface area (Å²) in [4.78, 5) is 16.5. The zero-order valence-corrected chi connectivity index (χ0v) is 11.9. The first-order chi connectivity index (χ1) is 9.24. The van der Waals surface area contributed by atoms with Crippen molar-refractivity contribution in [3.05, 3.63) is 29.3 Å². The molecule has 1 aromatic heterocycles. The van der Waals surface area contributed by atoms with E-state index in [1.165, 1.54) is 19.3 Å². The first-order valence-corrected chi connectivity index (χ1v) is 7.76. The number of amides is 1. The maximum Gasteiger partial charge on any atom is 0.251 e. The minimum Gasteiger partial charge on any atom is -0.349 e. The summed E-state index contributed by atoms with van der Waals surface area (Å²) in [6.07, 6.45) is 4.85. The normalized spacial score (nSPS) is 23.4. The van der Waals surface area contributed by atoms with Crippen molar-refractivity contribution in [2.24, 2.45) is 5.92 Å². The molecule has 1 saturated carbocycles. The van der Waals surface area contributed by atoms with Crippen LogP contribution in [0, 0.1) is 5.92 Å². The monoisotopic (exact) mass is 274 g/mol. The number of rotatable bonds is 2. The Balaban J connectivity index is 1.75. The van der Waals surface area contributed by atoms with E-state index < -0.39 is 0 Å². The van der Waals surface area contributed by atoms with E-state index in [4.69, 9.17) is 0 Å². The smallest absolute Gasteiger partial charge is 0.251 e. The molecule has 1 amide bonds. The van der Waals surface area contributed by atoms with E-state index in [0.717, 1.165) is 22.2 Å². The lowest BCUT2D eigenvalue weighted by Gasteiger charge is -2.29. The molecule has 100 valence electrons. The van der Waals surface area contributed by atoms with E-state index in [0.29, 0.717) is 12.0 Å². The van der Waals surface area contributed by atoms with Gasteiger partial charge in [0.05, 0.1) is 15.7 Å². The second kappa shape index (κ2) is 5.29. The second-order valence-electron chi connectivity index (χ2n) is 5.38. The molecule has 0 unspecified atom stereocenters. The Morgan fingerprint density at radius 2 is 2.21 bits per heavy atom. The lowest BCUT2D eigenvalue weighted by atomic mass is 9.86. The summed E-state index contributed by atoms with van der Waals surface area (Å²) in [5.74, 6) is 0.638. The van der Waals surface area contributed by atoms with Gasteiger partial charge in [-0.05, 0) is 37.0 Å². The van der Waals surface area contributed by atoms with Gasteiger partial charge >= 0.3 is 0 Å². The van der Waals surface area contributed by atoms with Crippen molar-refractivity contribution in [1.29, 1.82) is 0 Å². The third-order valence-corrected chi connectivity index (χ3v) is 4.81. The van der Waals surface area contributed by atoms with Crippen LogP contribution in [0.1, 0.15) is 43.0 Å². The van der Waals surface area contributed by atoms with E-state index in [-0.39, 0.29) is 5.91 Å². The maximum atomic E-state index is 12.3. The summed E-state index contributed by atoms with van der Waals surface area (Å²) < 4.78 is 1.07. The highest BCUT2D eigenvalue weighted by molar-refractivity contribution is 7.16. The molecule has 3 rings (SSSR count). The lowest BCUT2D eigenvalue weighted by Crippen LogP contribution is -2.41. The molecule has 19 heavy (non-hydrogen) atoms. The first kappa shape index (κ1) is 12.6. The number of nitrogens with one attached hydrogen (secondary N) is 1. The standard InChI is InChI=1S/C15H18N2OS/c1-10-4-2-3-5-12(10)17-15(18)11-6-7-13-14(8-11)19-9-16-13/h6-10,12H,2-5H2,1H3,(H,17,18)/t10-,12-/m0/s1. The number of aromatic nitrogens is 1. The van der Waals surface area contributed by atoms with Gasteiger partial charge < -0.3 is 5.32 Å². The van der Waals surface area contributed by atoms with Crippen LogP contribution in [0.2, 0.25) is 0 Å². The third kappa shape index (κ3) is 2.63. The first-order valence-electron chi connectivity index (χ1n) is 6.88. The van der Waals surface area contributed by atoms with Gasteiger partial charge in [-0.15, -0.1) is 11.3 Å². The number of thiazole rings is 1. The predicted molar refractivity (Wildman–Crippen MR) is 78.5 cm³/mol. The summed E-state index contributed by atoms with van der Waals surface area (Å²) in [5.41, 5.74) is 3.53. The number of carbonyl (C=O) groups excluding carboxylic acids is 1. The summed E-state index contributed by atoms with van der Waals surface area (Å²) in [6, 6.07) is 6.06. The zero-order chi connectivity index (χ0) is 13.2. The van der Waals surface area contributed by atoms with Gasteiger partial charge in [-0.3, -0.25) is 4.79 Å². The van der Waals surface area contributed by atoms with Gasteiger partial charge in [0, 0.05) is 11.6 Å². The van der Waals surface area contributed by atoms with Crippen molar-refractivity contribution in [3.63, 3.8) is 0 Å². The highest BCUT2D eigenvalue weighted by Gasteiger charge is 2.23. The zero-order valence-electron chi connectivity index (χ0n) is 11.1. The van der Waals surface area contributed by atoms with Crippen LogP contribution < -0.4 is 5.32 Å². The number of nitrogens with zero attached hydrogens (tertiary/aromatic N) is 1.